The first-order valence-corrected chi connectivity index (χ1v) is 5.64. The first-order valence-electron chi connectivity index (χ1n) is 4.85. The summed E-state index contributed by atoms with van der Waals surface area (Å²) in [5.74, 6) is 1.03. The molecule has 0 saturated heterocycles. The first-order chi connectivity index (χ1) is 7.65. The van der Waals surface area contributed by atoms with Crippen LogP contribution < -0.4 is 5.73 Å². The van der Waals surface area contributed by atoms with Gasteiger partial charge in [-0.15, -0.1) is 0 Å². The predicted molar refractivity (Wildman–Crippen MR) is 62.6 cm³/mol. The van der Waals surface area contributed by atoms with Gasteiger partial charge >= 0.3 is 0 Å². The number of pyridine rings is 1. The van der Waals surface area contributed by atoms with Crippen LogP contribution in [0.25, 0.3) is 11.6 Å². The molecular weight excluding hydrogens is 272 g/mol. The Hall–Kier alpha value is -1.27. The molecule has 5 nitrogen and oxygen atoms in total. The van der Waals surface area contributed by atoms with Gasteiger partial charge in [-0.3, -0.25) is 0 Å². The van der Waals surface area contributed by atoms with Crippen LogP contribution in [0.5, 0.6) is 0 Å². The minimum absolute atomic E-state index is 0.0170. The van der Waals surface area contributed by atoms with Crippen molar-refractivity contribution in [3.8, 4) is 11.6 Å². The Morgan fingerprint density at radius 1 is 1.50 bits per heavy atom. The molecule has 0 amide bonds. The summed E-state index contributed by atoms with van der Waals surface area (Å²) in [6.07, 6.45) is 2.28. The van der Waals surface area contributed by atoms with Gasteiger partial charge in [0.15, 0.2) is 5.82 Å². The number of halogens is 1. The second-order valence-corrected chi connectivity index (χ2v) is 4.47. The van der Waals surface area contributed by atoms with Crippen LogP contribution in [0.2, 0.25) is 0 Å². The number of hydrogen-bond donors (Lipinski definition) is 1. The summed E-state index contributed by atoms with van der Waals surface area (Å²) < 4.78 is 6.01. The molecule has 1 unspecified atom stereocenters. The van der Waals surface area contributed by atoms with Crippen LogP contribution in [0.1, 0.15) is 12.7 Å². The predicted octanol–water partition coefficient (Wildman–Crippen LogP) is 1.78. The number of aromatic nitrogens is 3. The van der Waals surface area contributed by atoms with Crippen molar-refractivity contribution in [2.75, 3.05) is 0 Å². The molecule has 0 saturated carbocycles. The van der Waals surface area contributed by atoms with Crippen LogP contribution in [-0.2, 0) is 6.42 Å². The highest BCUT2D eigenvalue weighted by Gasteiger charge is 2.10. The second kappa shape index (κ2) is 4.71. The number of rotatable bonds is 3. The molecule has 84 valence electrons. The zero-order chi connectivity index (χ0) is 11.5. The van der Waals surface area contributed by atoms with E-state index < -0.39 is 0 Å². The molecule has 0 aliphatic heterocycles. The lowest BCUT2D eigenvalue weighted by molar-refractivity contribution is 0.419. The van der Waals surface area contributed by atoms with E-state index in [-0.39, 0.29) is 6.04 Å². The summed E-state index contributed by atoms with van der Waals surface area (Å²) in [7, 11) is 0. The van der Waals surface area contributed by atoms with Gasteiger partial charge in [0.2, 0.25) is 0 Å². The maximum Gasteiger partial charge on any atom is 0.276 e. The third-order valence-electron chi connectivity index (χ3n) is 1.92. The van der Waals surface area contributed by atoms with Crippen molar-refractivity contribution in [1.82, 2.24) is 15.1 Å². The van der Waals surface area contributed by atoms with Crippen molar-refractivity contribution in [3.63, 3.8) is 0 Å². The molecule has 0 aliphatic rings. The van der Waals surface area contributed by atoms with Gasteiger partial charge in [-0.25, -0.2) is 4.98 Å². The molecule has 0 aromatic carbocycles. The summed E-state index contributed by atoms with van der Waals surface area (Å²) in [5, 5.41) is 3.84. The Labute approximate surface area is 101 Å². The van der Waals surface area contributed by atoms with E-state index in [1.165, 1.54) is 0 Å². The zero-order valence-corrected chi connectivity index (χ0v) is 10.3. The molecule has 0 spiro atoms. The van der Waals surface area contributed by atoms with Crippen molar-refractivity contribution in [2.45, 2.75) is 19.4 Å². The smallest absolute Gasteiger partial charge is 0.276 e. The fourth-order valence-electron chi connectivity index (χ4n) is 1.23. The van der Waals surface area contributed by atoms with Crippen molar-refractivity contribution >= 4 is 15.9 Å². The highest BCUT2D eigenvalue weighted by molar-refractivity contribution is 9.10. The normalized spacial score (nSPS) is 12.7. The molecule has 1 atom stereocenters. The Balaban J connectivity index is 2.21. The van der Waals surface area contributed by atoms with E-state index in [1.807, 2.05) is 19.1 Å². The molecule has 0 bridgehead atoms. The van der Waals surface area contributed by atoms with Crippen LogP contribution in [0.15, 0.2) is 27.3 Å². The monoisotopic (exact) mass is 282 g/mol. The summed E-state index contributed by atoms with van der Waals surface area (Å²) in [5.41, 5.74) is 6.31. The minimum Gasteiger partial charge on any atom is -0.332 e. The molecule has 2 rings (SSSR count). The van der Waals surface area contributed by atoms with E-state index in [1.54, 1.807) is 6.20 Å². The van der Waals surface area contributed by atoms with Crippen molar-refractivity contribution in [3.05, 3.63) is 28.6 Å². The minimum atomic E-state index is 0.0170. The van der Waals surface area contributed by atoms with Gasteiger partial charge in [0, 0.05) is 23.1 Å². The molecule has 16 heavy (non-hydrogen) atoms. The SMILES string of the molecule is CC(N)Cc1noc(-c2ccc(Br)cn2)n1. The summed E-state index contributed by atoms with van der Waals surface area (Å²) in [4.78, 5) is 8.38. The van der Waals surface area contributed by atoms with Gasteiger partial charge in [-0.1, -0.05) is 5.16 Å². The van der Waals surface area contributed by atoms with E-state index in [9.17, 15) is 0 Å². The quantitative estimate of drug-likeness (QED) is 0.929. The fraction of sp³-hybridized carbons (Fsp3) is 0.300. The van der Waals surface area contributed by atoms with E-state index in [2.05, 4.69) is 31.1 Å². The van der Waals surface area contributed by atoms with Gasteiger partial charge in [0.1, 0.15) is 5.69 Å². The average molecular weight is 283 g/mol. The third-order valence-corrected chi connectivity index (χ3v) is 2.39. The van der Waals surface area contributed by atoms with E-state index >= 15 is 0 Å². The van der Waals surface area contributed by atoms with E-state index in [0.29, 0.717) is 23.8 Å². The van der Waals surface area contributed by atoms with Crippen molar-refractivity contribution in [2.24, 2.45) is 5.73 Å². The van der Waals surface area contributed by atoms with Crippen LogP contribution in [0.4, 0.5) is 0 Å². The van der Waals surface area contributed by atoms with Crippen LogP contribution in [0.3, 0.4) is 0 Å². The summed E-state index contributed by atoms with van der Waals surface area (Å²) in [6, 6.07) is 3.70. The lowest BCUT2D eigenvalue weighted by atomic mass is 10.2. The standard InChI is InChI=1S/C10H11BrN4O/c1-6(12)4-9-14-10(16-15-9)8-3-2-7(11)5-13-8/h2-3,5-6H,4,12H2,1H3. The van der Waals surface area contributed by atoms with Crippen LogP contribution >= 0.6 is 15.9 Å². The fourth-order valence-corrected chi connectivity index (χ4v) is 1.47. The highest BCUT2D eigenvalue weighted by atomic mass is 79.9. The molecule has 0 radical (unpaired) electrons. The molecule has 6 heteroatoms. The lowest BCUT2D eigenvalue weighted by Gasteiger charge is -1.96. The van der Waals surface area contributed by atoms with Gasteiger partial charge in [-0.05, 0) is 35.0 Å². The lowest BCUT2D eigenvalue weighted by Crippen LogP contribution is -2.18. The maximum absolute atomic E-state index is 5.65. The topological polar surface area (TPSA) is 77.8 Å². The number of nitrogens with two attached hydrogens (primary N) is 1. The molecular formula is C10H11BrN4O. The van der Waals surface area contributed by atoms with Crippen molar-refractivity contribution in [1.29, 1.82) is 0 Å². The molecule has 0 fully saturated rings. The van der Waals surface area contributed by atoms with E-state index in [4.69, 9.17) is 10.3 Å². The second-order valence-electron chi connectivity index (χ2n) is 3.56. The van der Waals surface area contributed by atoms with Gasteiger partial charge < -0.3 is 10.3 Å². The zero-order valence-electron chi connectivity index (χ0n) is 8.72. The Kier molecular flexibility index (Phi) is 3.31. The largest absolute Gasteiger partial charge is 0.332 e. The summed E-state index contributed by atoms with van der Waals surface area (Å²) in [6.45, 7) is 1.90. The van der Waals surface area contributed by atoms with Gasteiger partial charge in [0.05, 0.1) is 0 Å². The van der Waals surface area contributed by atoms with Crippen LogP contribution in [-0.4, -0.2) is 21.2 Å². The highest BCUT2D eigenvalue weighted by Crippen LogP contribution is 2.17. The summed E-state index contributed by atoms with van der Waals surface area (Å²) >= 11 is 3.31. The Bertz CT molecular complexity index is 466. The van der Waals surface area contributed by atoms with Gasteiger partial charge in [0.25, 0.3) is 5.89 Å². The Morgan fingerprint density at radius 3 is 2.94 bits per heavy atom. The van der Waals surface area contributed by atoms with Crippen molar-refractivity contribution < 1.29 is 4.52 Å². The van der Waals surface area contributed by atoms with Gasteiger partial charge in [-0.2, -0.15) is 4.98 Å². The number of nitrogens with zero attached hydrogens (tertiary/aromatic N) is 3. The molecule has 2 aromatic rings. The molecule has 0 aliphatic carbocycles. The first kappa shape index (κ1) is 11.2. The average Bonchev–Trinajstić information content (AvgIpc) is 2.66. The van der Waals surface area contributed by atoms with E-state index in [0.717, 1.165) is 4.47 Å². The third kappa shape index (κ3) is 2.65. The molecule has 2 aromatic heterocycles. The Morgan fingerprint density at radius 2 is 2.31 bits per heavy atom. The number of hydrogen-bond acceptors (Lipinski definition) is 5. The van der Waals surface area contributed by atoms with Crippen LogP contribution in [0, 0.1) is 0 Å². The molecule has 2 N–H and O–H groups in total. The molecule has 2 heterocycles. The maximum atomic E-state index is 5.65.